The highest BCUT2D eigenvalue weighted by Crippen LogP contribution is 2.34. The van der Waals surface area contributed by atoms with E-state index in [1.54, 1.807) is 0 Å². The Morgan fingerprint density at radius 3 is 2.56 bits per heavy atom. The van der Waals surface area contributed by atoms with E-state index in [0.717, 1.165) is 49.1 Å². The molecule has 2 unspecified atom stereocenters. The first-order chi connectivity index (χ1) is 11.3. The summed E-state index contributed by atoms with van der Waals surface area (Å²) in [4.78, 5) is 4.68. The number of hydrogen-bond donors (Lipinski definition) is 2. The molecular weight excluding hydrogens is 431 g/mol. The minimum absolute atomic E-state index is 0. The summed E-state index contributed by atoms with van der Waals surface area (Å²) in [5, 5.41) is 10.8. The number of hydrogen-bond acceptors (Lipinski definition) is 4. The van der Waals surface area contributed by atoms with Gasteiger partial charge in [0.2, 0.25) is 0 Å². The number of nitrogens with one attached hydrogen (secondary N) is 2. The minimum atomic E-state index is 0. The molecular formula is C18H33IN4O2. The summed E-state index contributed by atoms with van der Waals surface area (Å²) in [5.74, 6) is 2.18. The van der Waals surface area contributed by atoms with Crippen molar-refractivity contribution in [3.05, 3.63) is 17.0 Å². The van der Waals surface area contributed by atoms with Gasteiger partial charge in [0.1, 0.15) is 5.76 Å². The second-order valence-corrected chi connectivity index (χ2v) is 7.58. The van der Waals surface area contributed by atoms with Gasteiger partial charge in [-0.15, -0.1) is 24.0 Å². The lowest BCUT2D eigenvalue weighted by atomic mass is 9.81. The lowest BCUT2D eigenvalue weighted by molar-refractivity contribution is 0.00801. The first kappa shape index (κ1) is 22.2. The summed E-state index contributed by atoms with van der Waals surface area (Å²) < 4.78 is 11.2. The van der Waals surface area contributed by atoms with Gasteiger partial charge in [-0.3, -0.25) is 0 Å². The quantitative estimate of drug-likeness (QED) is 0.397. The van der Waals surface area contributed by atoms with Crippen molar-refractivity contribution in [1.29, 1.82) is 0 Å². The molecule has 0 aliphatic carbocycles. The molecule has 6 nitrogen and oxygen atoms in total. The summed E-state index contributed by atoms with van der Waals surface area (Å²) in [7, 11) is 0. The Balaban J connectivity index is 0.00000312. The topological polar surface area (TPSA) is 71.7 Å². The van der Waals surface area contributed by atoms with E-state index in [0.29, 0.717) is 12.5 Å². The fourth-order valence-electron chi connectivity index (χ4n) is 3.26. The molecule has 0 spiro atoms. The van der Waals surface area contributed by atoms with E-state index in [1.807, 2.05) is 13.8 Å². The SMILES string of the molecule is CCNC(=NCc1c(C)noc1C)NCC1CCOC1C(C)(C)C.I. The van der Waals surface area contributed by atoms with Crippen LogP contribution in [0.3, 0.4) is 0 Å². The number of rotatable bonds is 5. The normalized spacial score (nSPS) is 21.1. The number of nitrogens with zero attached hydrogens (tertiary/aromatic N) is 2. The van der Waals surface area contributed by atoms with Crippen LogP contribution in [0.4, 0.5) is 0 Å². The van der Waals surface area contributed by atoms with Crippen LogP contribution in [0.15, 0.2) is 9.52 Å². The monoisotopic (exact) mass is 464 g/mol. The third-order valence-electron chi connectivity index (χ3n) is 4.52. The molecule has 1 fully saturated rings. The molecule has 25 heavy (non-hydrogen) atoms. The molecule has 1 aliphatic heterocycles. The number of aliphatic imine (C=N–C) groups is 1. The number of guanidine groups is 1. The van der Waals surface area contributed by atoms with Gasteiger partial charge in [-0.05, 0) is 32.6 Å². The van der Waals surface area contributed by atoms with Gasteiger partial charge in [-0.25, -0.2) is 4.99 Å². The van der Waals surface area contributed by atoms with E-state index in [4.69, 9.17) is 9.26 Å². The van der Waals surface area contributed by atoms with Crippen LogP contribution in [0.25, 0.3) is 0 Å². The zero-order valence-corrected chi connectivity index (χ0v) is 18.6. The Morgan fingerprint density at radius 1 is 1.28 bits per heavy atom. The van der Waals surface area contributed by atoms with Crippen LogP contribution in [0.1, 0.15) is 51.1 Å². The zero-order chi connectivity index (χ0) is 17.7. The fourth-order valence-corrected chi connectivity index (χ4v) is 3.26. The molecule has 1 saturated heterocycles. The first-order valence-corrected chi connectivity index (χ1v) is 8.88. The number of aromatic nitrogens is 1. The molecule has 2 N–H and O–H groups in total. The highest BCUT2D eigenvalue weighted by Gasteiger charge is 2.37. The molecule has 1 aromatic heterocycles. The third kappa shape index (κ3) is 6.13. The predicted octanol–water partition coefficient (Wildman–Crippen LogP) is 3.42. The smallest absolute Gasteiger partial charge is 0.191 e. The first-order valence-electron chi connectivity index (χ1n) is 8.88. The highest BCUT2D eigenvalue weighted by molar-refractivity contribution is 14.0. The van der Waals surface area contributed by atoms with Crippen LogP contribution >= 0.6 is 24.0 Å². The molecule has 0 bridgehead atoms. The number of aryl methyl sites for hydroxylation is 2. The van der Waals surface area contributed by atoms with Crippen molar-refractivity contribution in [3.8, 4) is 0 Å². The van der Waals surface area contributed by atoms with Crippen LogP contribution in [0.2, 0.25) is 0 Å². The maximum atomic E-state index is 5.95. The Hall–Kier alpha value is -0.830. The van der Waals surface area contributed by atoms with E-state index >= 15 is 0 Å². The van der Waals surface area contributed by atoms with Gasteiger partial charge < -0.3 is 19.9 Å². The molecule has 1 aliphatic rings. The molecule has 2 rings (SSSR count). The molecule has 2 heterocycles. The van der Waals surface area contributed by atoms with E-state index < -0.39 is 0 Å². The summed E-state index contributed by atoms with van der Waals surface area (Å²) in [6, 6.07) is 0. The summed E-state index contributed by atoms with van der Waals surface area (Å²) in [6.45, 7) is 15.8. The van der Waals surface area contributed by atoms with E-state index in [2.05, 4.69) is 48.5 Å². The van der Waals surface area contributed by atoms with Crippen LogP contribution < -0.4 is 10.6 Å². The van der Waals surface area contributed by atoms with E-state index in [-0.39, 0.29) is 35.5 Å². The van der Waals surface area contributed by atoms with Crippen molar-refractivity contribution < 1.29 is 9.26 Å². The third-order valence-corrected chi connectivity index (χ3v) is 4.52. The van der Waals surface area contributed by atoms with Crippen LogP contribution in [-0.4, -0.2) is 36.9 Å². The molecule has 0 aromatic carbocycles. The van der Waals surface area contributed by atoms with Gasteiger partial charge in [-0.1, -0.05) is 25.9 Å². The number of ether oxygens (including phenoxy) is 1. The van der Waals surface area contributed by atoms with Gasteiger partial charge in [0.15, 0.2) is 5.96 Å². The van der Waals surface area contributed by atoms with Crippen LogP contribution in [0.5, 0.6) is 0 Å². The van der Waals surface area contributed by atoms with Gasteiger partial charge >= 0.3 is 0 Å². The van der Waals surface area contributed by atoms with E-state index in [9.17, 15) is 0 Å². The molecule has 7 heteroatoms. The Kier molecular flexibility index (Phi) is 8.67. The van der Waals surface area contributed by atoms with Gasteiger partial charge in [-0.2, -0.15) is 0 Å². The highest BCUT2D eigenvalue weighted by atomic mass is 127. The van der Waals surface area contributed by atoms with Crippen LogP contribution in [-0.2, 0) is 11.3 Å². The fraction of sp³-hybridized carbons (Fsp3) is 0.778. The Labute approximate surface area is 168 Å². The maximum Gasteiger partial charge on any atom is 0.191 e. The van der Waals surface area contributed by atoms with Crippen molar-refractivity contribution in [2.75, 3.05) is 19.7 Å². The van der Waals surface area contributed by atoms with Crippen molar-refractivity contribution >= 4 is 29.9 Å². The van der Waals surface area contributed by atoms with E-state index in [1.165, 1.54) is 0 Å². The average Bonchev–Trinajstić information content (AvgIpc) is 3.10. The van der Waals surface area contributed by atoms with Crippen LogP contribution in [0, 0.1) is 25.2 Å². The lowest BCUT2D eigenvalue weighted by Gasteiger charge is -2.31. The second-order valence-electron chi connectivity index (χ2n) is 7.58. The number of halogens is 1. The minimum Gasteiger partial charge on any atom is -0.377 e. The summed E-state index contributed by atoms with van der Waals surface area (Å²) >= 11 is 0. The van der Waals surface area contributed by atoms with Crippen molar-refractivity contribution in [2.24, 2.45) is 16.3 Å². The Morgan fingerprint density at radius 2 is 2.00 bits per heavy atom. The zero-order valence-electron chi connectivity index (χ0n) is 16.3. The van der Waals surface area contributed by atoms with Gasteiger partial charge in [0.25, 0.3) is 0 Å². The van der Waals surface area contributed by atoms with Gasteiger partial charge in [0.05, 0.1) is 18.3 Å². The van der Waals surface area contributed by atoms with Crippen molar-refractivity contribution in [1.82, 2.24) is 15.8 Å². The molecule has 2 atom stereocenters. The maximum absolute atomic E-state index is 5.95. The average molecular weight is 464 g/mol. The summed E-state index contributed by atoms with van der Waals surface area (Å²) in [6.07, 6.45) is 1.38. The van der Waals surface area contributed by atoms with Crippen molar-refractivity contribution in [2.45, 2.75) is 60.6 Å². The summed E-state index contributed by atoms with van der Waals surface area (Å²) in [5.41, 5.74) is 2.13. The van der Waals surface area contributed by atoms with Gasteiger partial charge in [0, 0.05) is 31.2 Å². The molecule has 0 amide bonds. The molecule has 144 valence electrons. The Bertz CT molecular complexity index is 546. The predicted molar refractivity (Wildman–Crippen MR) is 112 cm³/mol. The lowest BCUT2D eigenvalue weighted by Crippen LogP contribution is -2.43. The second kappa shape index (κ2) is 9.75. The molecule has 0 saturated carbocycles. The molecule has 0 radical (unpaired) electrons. The largest absolute Gasteiger partial charge is 0.377 e. The molecule has 1 aromatic rings. The standard InChI is InChI=1S/C18H32N4O2.HI/c1-7-19-17(21-11-15-12(2)22-24-13(15)3)20-10-14-8-9-23-16(14)18(4,5)6;/h14,16H,7-11H2,1-6H3,(H2,19,20,21);1H. The van der Waals surface area contributed by atoms with Crippen molar-refractivity contribution in [3.63, 3.8) is 0 Å².